The third-order valence-corrected chi connectivity index (χ3v) is 16.9. The standard InChI is InChI=1S/C61H76FN9O10S/c1-39-52(82-38-65-39)43-14-15-44(35-64-55(75)48-33-46(72)37-71(48)57(77)53(59(2,3)4)67-58(78)60(62)23-24-60)49(32-43)81-31-30-80-29-28-79-27-20-51(73)66-45-16-10-40(11-17-45)34-63-54(74)47-18-19-50-61(21-7-22-61)69(25-26-70(47)50)36-41-8-12-42(13-9-41)56(76)68(5)6/h8-19,32,38,46,48,53,72H,7,20-31,33-37H2,1-6H3,(H,63,74)(H,64,75)(H,66,73)(H,67,78)/t46-,48+,53-/m1/s1. The number of carbonyl (C=O) groups is 6. The number of benzene rings is 3. The van der Waals surface area contributed by atoms with Gasteiger partial charge in [0.25, 0.3) is 17.7 Å². The van der Waals surface area contributed by atoms with Crippen LogP contribution in [0.5, 0.6) is 5.75 Å². The van der Waals surface area contributed by atoms with Gasteiger partial charge in [-0.2, -0.15) is 0 Å². The molecular formula is C61H76FN9O10S. The van der Waals surface area contributed by atoms with E-state index in [1.54, 1.807) is 57.4 Å². The topological polar surface area (TPSA) is 226 Å². The van der Waals surface area contributed by atoms with Crippen molar-refractivity contribution in [2.45, 2.75) is 128 Å². The molecule has 19 nitrogen and oxygen atoms in total. The third kappa shape index (κ3) is 13.9. The molecule has 5 aromatic rings. The fourth-order valence-electron chi connectivity index (χ4n) is 10.9. The lowest BCUT2D eigenvalue weighted by Crippen LogP contribution is -2.59. The van der Waals surface area contributed by atoms with E-state index in [4.69, 9.17) is 14.2 Å². The van der Waals surface area contributed by atoms with Gasteiger partial charge in [0, 0.05) is 82.3 Å². The number of aromatic nitrogens is 2. The lowest BCUT2D eigenvalue weighted by atomic mass is 9.71. The van der Waals surface area contributed by atoms with E-state index in [0.29, 0.717) is 41.3 Å². The number of aliphatic hydroxyl groups excluding tert-OH is 1. The van der Waals surface area contributed by atoms with Gasteiger partial charge in [0.1, 0.15) is 30.1 Å². The highest BCUT2D eigenvalue weighted by Crippen LogP contribution is 2.49. The van der Waals surface area contributed by atoms with Gasteiger partial charge in [-0.3, -0.25) is 33.7 Å². The molecule has 4 aliphatic rings. The Bertz CT molecular complexity index is 3110. The Labute approximate surface area is 482 Å². The number of ether oxygens (including phenoxy) is 3. The predicted octanol–water partition coefficient (Wildman–Crippen LogP) is 6.50. The molecule has 21 heteroatoms. The SMILES string of the molecule is Cc1ncsc1-c1ccc(CNC(=O)[C@@H]2C[C@@H](O)CN2C(=O)[C@@H](NC(=O)C2(F)CC2)C(C)(C)C)c(OCCOCCOCCC(=O)Nc2ccc(CNC(=O)c3ccc4n3CCN(Cc3ccc(C(=O)N(C)C)cc3)C43CCC3)cc2)c1. The highest BCUT2D eigenvalue weighted by molar-refractivity contribution is 7.13. The first-order valence-electron chi connectivity index (χ1n) is 28.2. The largest absolute Gasteiger partial charge is 0.491 e. The second-order valence-corrected chi connectivity index (χ2v) is 24.0. The van der Waals surface area contributed by atoms with E-state index in [1.165, 1.54) is 21.9 Å². The van der Waals surface area contributed by atoms with Crippen LogP contribution in [0.25, 0.3) is 10.4 Å². The van der Waals surface area contributed by atoms with Crippen LogP contribution in [0, 0.1) is 12.3 Å². The van der Waals surface area contributed by atoms with Gasteiger partial charge >= 0.3 is 0 Å². The van der Waals surface area contributed by atoms with Crippen LogP contribution in [0.4, 0.5) is 10.1 Å². The highest BCUT2D eigenvalue weighted by atomic mass is 32.1. The van der Waals surface area contributed by atoms with Gasteiger partial charge in [0.05, 0.1) is 60.6 Å². The number of anilines is 1. The molecule has 3 atom stereocenters. The van der Waals surface area contributed by atoms with E-state index < -0.39 is 47.0 Å². The molecule has 2 aliphatic carbocycles. The Kier molecular flexibility index (Phi) is 18.6. The first-order chi connectivity index (χ1) is 39.2. The number of likely N-dealkylation sites (tertiary alicyclic amines) is 1. The van der Waals surface area contributed by atoms with Crippen LogP contribution in [0.1, 0.15) is 115 Å². The van der Waals surface area contributed by atoms with Crippen molar-refractivity contribution in [3.05, 3.63) is 124 Å². The number of β-amino-alcohol motifs (C(OH)–C–C–N with tert-alkyl or cyclic N) is 1. The summed E-state index contributed by atoms with van der Waals surface area (Å²) in [6.07, 6.45) is 2.54. The summed E-state index contributed by atoms with van der Waals surface area (Å²) in [5.41, 5.74) is 6.42. The average molecular weight is 1150 g/mol. The second-order valence-electron chi connectivity index (χ2n) is 23.2. The van der Waals surface area contributed by atoms with E-state index in [2.05, 4.69) is 41.8 Å². The van der Waals surface area contributed by atoms with Crippen LogP contribution in [-0.2, 0) is 60.4 Å². The summed E-state index contributed by atoms with van der Waals surface area (Å²) < 4.78 is 34.5. The van der Waals surface area contributed by atoms with Crippen molar-refractivity contribution in [3.63, 3.8) is 0 Å². The van der Waals surface area contributed by atoms with Crippen LogP contribution in [0.2, 0.25) is 0 Å². The van der Waals surface area contributed by atoms with Crippen LogP contribution < -0.4 is 26.0 Å². The first kappa shape index (κ1) is 59.6. The second kappa shape index (κ2) is 25.6. The molecule has 1 spiro atoms. The Morgan fingerprint density at radius 3 is 2.22 bits per heavy atom. The molecule has 6 amide bonds. The van der Waals surface area contributed by atoms with Crippen LogP contribution >= 0.6 is 11.3 Å². The van der Waals surface area contributed by atoms with E-state index >= 15 is 0 Å². The first-order valence-corrected chi connectivity index (χ1v) is 29.1. The van der Waals surface area contributed by atoms with Crippen molar-refractivity contribution in [3.8, 4) is 16.2 Å². The molecule has 2 saturated carbocycles. The number of halogens is 1. The maximum absolute atomic E-state index is 14.7. The van der Waals surface area contributed by atoms with Gasteiger partial charge in [0.2, 0.25) is 17.7 Å². The number of nitrogens with one attached hydrogen (secondary N) is 4. The predicted molar refractivity (Wildman–Crippen MR) is 308 cm³/mol. The number of aryl methyl sites for hydroxylation is 1. The lowest BCUT2D eigenvalue weighted by Gasteiger charge is -2.53. The maximum Gasteiger partial charge on any atom is 0.268 e. The number of hydrogen-bond donors (Lipinski definition) is 5. The zero-order valence-electron chi connectivity index (χ0n) is 47.7. The highest BCUT2D eigenvalue weighted by Gasteiger charge is 2.54. The van der Waals surface area contributed by atoms with Gasteiger partial charge in [-0.25, -0.2) is 9.37 Å². The minimum atomic E-state index is -1.99. The number of hydrogen-bond acceptors (Lipinski definition) is 13. The Morgan fingerprint density at radius 2 is 1.56 bits per heavy atom. The van der Waals surface area contributed by atoms with E-state index in [9.17, 15) is 38.3 Å². The molecule has 3 fully saturated rings. The summed E-state index contributed by atoms with van der Waals surface area (Å²) in [4.78, 5) is 90.0. The minimum Gasteiger partial charge on any atom is -0.491 e. The molecule has 0 bridgehead atoms. The smallest absolute Gasteiger partial charge is 0.268 e. The summed E-state index contributed by atoms with van der Waals surface area (Å²) >= 11 is 1.49. The van der Waals surface area contributed by atoms with Crippen molar-refractivity contribution < 1.29 is 52.5 Å². The number of amides is 6. The summed E-state index contributed by atoms with van der Waals surface area (Å²) in [6.45, 7) is 10.8. The molecule has 0 radical (unpaired) electrons. The summed E-state index contributed by atoms with van der Waals surface area (Å²) in [5, 5.41) is 22.1. The molecule has 0 unspecified atom stereocenters. The number of fused-ring (bicyclic) bond motifs is 2. The van der Waals surface area contributed by atoms with Crippen LogP contribution in [-0.4, -0.2) is 149 Å². The summed E-state index contributed by atoms with van der Waals surface area (Å²) in [7, 11) is 3.50. The quantitative estimate of drug-likeness (QED) is 0.0418. The summed E-state index contributed by atoms with van der Waals surface area (Å²) in [6, 6.07) is 22.8. The molecule has 82 heavy (non-hydrogen) atoms. The van der Waals surface area contributed by atoms with Gasteiger partial charge in [0.15, 0.2) is 5.67 Å². The fourth-order valence-corrected chi connectivity index (χ4v) is 11.7. The molecule has 1 saturated heterocycles. The zero-order chi connectivity index (χ0) is 58.3. The summed E-state index contributed by atoms with van der Waals surface area (Å²) in [5.74, 6) is -1.76. The molecule has 4 heterocycles. The normalized spacial score (nSPS) is 18.2. The fraction of sp³-hybridized carbons (Fsp3) is 0.492. The van der Waals surface area contributed by atoms with Crippen molar-refractivity contribution in [1.29, 1.82) is 0 Å². The van der Waals surface area contributed by atoms with Crippen molar-refractivity contribution in [2.75, 3.05) is 65.5 Å². The van der Waals surface area contributed by atoms with Gasteiger partial charge in [-0.05, 0) is 104 Å². The number of alkyl halides is 1. The Balaban J connectivity index is 0.682. The number of aliphatic hydroxyl groups is 1. The number of carbonyl (C=O) groups excluding carboxylic acids is 6. The van der Waals surface area contributed by atoms with E-state index in [-0.39, 0.29) is 95.1 Å². The van der Waals surface area contributed by atoms with Gasteiger partial charge in [-0.1, -0.05) is 57.2 Å². The van der Waals surface area contributed by atoms with Crippen LogP contribution in [0.3, 0.4) is 0 Å². The molecule has 3 aromatic carbocycles. The number of rotatable bonds is 24. The van der Waals surface area contributed by atoms with Gasteiger partial charge < -0.3 is 55.0 Å². The molecular weight excluding hydrogens is 1070 g/mol. The molecule has 2 aliphatic heterocycles. The molecule has 438 valence electrons. The molecule has 5 N–H and O–H groups in total. The average Bonchev–Trinajstić information content (AvgIpc) is 3.72. The Hall–Kier alpha value is -7.04. The maximum atomic E-state index is 14.7. The molecule has 9 rings (SSSR count). The zero-order valence-corrected chi connectivity index (χ0v) is 48.5. The van der Waals surface area contributed by atoms with Crippen LogP contribution in [0.15, 0.2) is 84.4 Å². The monoisotopic (exact) mass is 1150 g/mol. The number of nitrogens with zero attached hydrogens (tertiary/aromatic N) is 5. The minimum absolute atomic E-state index is 0.00129. The van der Waals surface area contributed by atoms with Crippen molar-refractivity contribution in [1.82, 2.24) is 40.2 Å². The number of thiazole rings is 1. The van der Waals surface area contributed by atoms with Crippen molar-refractivity contribution >= 4 is 52.5 Å². The van der Waals surface area contributed by atoms with E-state index in [0.717, 1.165) is 59.6 Å². The lowest BCUT2D eigenvalue weighted by molar-refractivity contribution is -0.145. The van der Waals surface area contributed by atoms with E-state index in [1.807, 2.05) is 67.6 Å². The Morgan fingerprint density at radius 1 is 0.854 bits per heavy atom. The van der Waals surface area contributed by atoms with Gasteiger partial charge in [-0.15, -0.1) is 11.3 Å². The molecule has 2 aromatic heterocycles. The third-order valence-electron chi connectivity index (χ3n) is 15.9. The van der Waals surface area contributed by atoms with Crippen molar-refractivity contribution in [2.24, 2.45) is 5.41 Å².